The Kier molecular flexibility index (Phi) is 3.03. The van der Waals surface area contributed by atoms with Gasteiger partial charge in [-0.15, -0.1) is 6.42 Å². The van der Waals surface area contributed by atoms with Gasteiger partial charge in [0.25, 0.3) is 0 Å². The monoisotopic (exact) mass is 250 g/mol. The Bertz CT molecular complexity index is 467. The highest BCUT2D eigenvalue weighted by Crippen LogP contribution is 2.34. The molecule has 2 rings (SSSR count). The Morgan fingerprint density at radius 2 is 2.24 bits per heavy atom. The molecule has 1 aliphatic rings. The van der Waals surface area contributed by atoms with Gasteiger partial charge in [-0.25, -0.2) is 4.98 Å². The SMILES string of the molecule is C#Cc1ccnc(N2CC(C(C)(C)O)C2)c1Cl. The topological polar surface area (TPSA) is 36.4 Å². The molecule has 0 aromatic carbocycles. The molecular weight excluding hydrogens is 236 g/mol. The zero-order valence-corrected chi connectivity index (χ0v) is 10.7. The van der Waals surface area contributed by atoms with Gasteiger partial charge in [-0.3, -0.25) is 0 Å². The van der Waals surface area contributed by atoms with E-state index in [0.717, 1.165) is 13.1 Å². The molecule has 90 valence electrons. The Morgan fingerprint density at radius 3 is 2.76 bits per heavy atom. The number of aromatic nitrogens is 1. The normalized spacial score (nSPS) is 16.5. The number of halogens is 1. The Morgan fingerprint density at radius 1 is 1.59 bits per heavy atom. The van der Waals surface area contributed by atoms with Crippen LogP contribution in [-0.4, -0.2) is 28.8 Å². The molecule has 0 atom stereocenters. The Hall–Kier alpha value is -1.24. The van der Waals surface area contributed by atoms with E-state index in [9.17, 15) is 5.11 Å². The van der Waals surface area contributed by atoms with Gasteiger partial charge in [-0.2, -0.15) is 0 Å². The third-order valence-corrected chi connectivity index (χ3v) is 3.58. The summed E-state index contributed by atoms with van der Waals surface area (Å²) in [4.78, 5) is 6.28. The minimum atomic E-state index is -0.660. The summed E-state index contributed by atoms with van der Waals surface area (Å²) in [5.74, 6) is 3.49. The summed E-state index contributed by atoms with van der Waals surface area (Å²) in [7, 11) is 0. The standard InChI is InChI=1S/C13H15ClN2O/c1-4-9-5-6-15-12(11(9)14)16-7-10(8-16)13(2,3)17/h1,5-6,10,17H,7-8H2,2-3H3. The maximum atomic E-state index is 9.86. The smallest absolute Gasteiger partial charge is 0.148 e. The van der Waals surface area contributed by atoms with Crippen LogP contribution in [0.25, 0.3) is 0 Å². The highest BCUT2D eigenvalue weighted by Gasteiger charge is 2.38. The van der Waals surface area contributed by atoms with Crippen molar-refractivity contribution in [3.05, 3.63) is 22.8 Å². The quantitative estimate of drug-likeness (QED) is 0.815. The molecule has 0 radical (unpaired) electrons. The maximum absolute atomic E-state index is 9.86. The number of nitrogens with zero attached hydrogens (tertiary/aromatic N) is 2. The first kappa shape index (κ1) is 12.2. The lowest BCUT2D eigenvalue weighted by Gasteiger charge is -2.46. The van der Waals surface area contributed by atoms with Crippen molar-refractivity contribution in [2.75, 3.05) is 18.0 Å². The van der Waals surface area contributed by atoms with Crippen molar-refractivity contribution in [2.45, 2.75) is 19.4 Å². The van der Waals surface area contributed by atoms with E-state index in [1.807, 2.05) is 18.7 Å². The number of terminal acetylenes is 1. The zero-order valence-electron chi connectivity index (χ0n) is 9.94. The van der Waals surface area contributed by atoms with Crippen LogP contribution in [0.15, 0.2) is 12.3 Å². The average Bonchev–Trinajstić information content (AvgIpc) is 2.16. The summed E-state index contributed by atoms with van der Waals surface area (Å²) >= 11 is 6.17. The highest BCUT2D eigenvalue weighted by molar-refractivity contribution is 6.34. The Balaban J connectivity index is 2.15. The summed E-state index contributed by atoms with van der Waals surface area (Å²) in [5, 5.41) is 10.4. The van der Waals surface area contributed by atoms with Gasteiger partial charge in [0.15, 0.2) is 0 Å². The van der Waals surface area contributed by atoms with Gasteiger partial charge in [0.2, 0.25) is 0 Å². The van der Waals surface area contributed by atoms with Crippen LogP contribution in [-0.2, 0) is 0 Å². The molecule has 1 aromatic heterocycles. The number of hydrogen-bond acceptors (Lipinski definition) is 3. The van der Waals surface area contributed by atoms with Crippen LogP contribution < -0.4 is 4.90 Å². The number of pyridine rings is 1. The van der Waals surface area contributed by atoms with Crippen molar-refractivity contribution in [1.82, 2.24) is 4.98 Å². The molecule has 1 saturated heterocycles. The number of aliphatic hydroxyl groups is 1. The fraction of sp³-hybridized carbons (Fsp3) is 0.462. The van der Waals surface area contributed by atoms with E-state index in [0.29, 0.717) is 16.4 Å². The molecule has 2 heterocycles. The summed E-state index contributed by atoms with van der Waals surface area (Å²) in [6.45, 7) is 5.15. The molecule has 4 heteroatoms. The predicted octanol–water partition coefficient (Wildman–Crippen LogP) is 1.92. The maximum Gasteiger partial charge on any atom is 0.148 e. The summed E-state index contributed by atoms with van der Waals surface area (Å²) < 4.78 is 0. The summed E-state index contributed by atoms with van der Waals surface area (Å²) in [5.41, 5.74) is -0.00411. The van der Waals surface area contributed by atoms with E-state index >= 15 is 0 Å². The number of hydrogen-bond donors (Lipinski definition) is 1. The summed E-state index contributed by atoms with van der Waals surface area (Å²) in [6.07, 6.45) is 7.02. The second-order valence-electron chi connectivity index (χ2n) is 4.90. The van der Waals surface area contributed by atoms with Crippen LogP contribution in [0.5, 0.6) is 0 Å². The van der Waals surface area contributed by atoms with E-state index in [2.05, 4.69) is 10.9 Å². The van der Waals surface area contributed by atoms with Gasteiger partial charge < -0.3 is 10.0 Å². The van der Waals surface area contributed by atoms with E-state index in [1.54, 1.807) is 12.3 Å². The van der Waals surface area contributed by atoms with Crippen molar-refractivity contribution < 1.29 is 5.11 Å². The van der Waals surface area contributed by atoms with Crippen molar-refractivity contribution in [3.63, 3.8) is 0 Å². The van der Waals surface area contributed by atoms with Gasteiger partial charge in [-0.05, 0) is 19.9 Å². The molecule has 0 amide bonds. The minimum Gasteiger partial charge on any atom is -0.390 e. The third-order valence-electron chi connectivity index (χ3n) is 3.21. The van der Waals surface area contributed by atoms with Crippen molar-refractivity contribution in [2.24, 2.45) is 5.92 Å². The largest absolute Gasteiger partial charge is 0.390 e. The minimum absolute atomic E-state index is 0.245. The molecule has 0 saturated carbocycles. The lowest BCUT2D eigenvalue weighted by atomic mass is 9.84. The predicted molar refractivity (Wildman–Crippen MR) is 69.2 cm³/mol. The van der Waals surface area contributed by atoms with Crippen LogP contribution in [0.3, 0.4) is 0 Å². The molecule has 3 nitrogen and oxygen atoms in total. The number of anilines is 1. The molecule has 1 fully saturated rings. The van der Waals surface area contributed by atoms with E-state index in [4.69, 9.17) is 18.0 Å². The van der Waals surface area contributed by atoms with Crippen LogP contribution in [0.2, 0.25) is 5.02 Å². The molecular formula is C13H15ClN2O. The molecule has 0 bridgehead atoms. The lowest BCUT2D eigenvalue weighted by molar-refractivity contribution is 0.00439. The van der Waals surface area contributed by atoms with Crippen molar-refractivity contribution >= 4 is 17.4 Å². The first-order chi connectivity index (χ1) is 7.93. The van der Waals surface area contributed by atoms with Crippen molar-refractivity contribution in [3.8, 4) is 12.3 Å². The molecule has 17 heavy (non-hydrogen) atoms. The van der Waals surface area contributed by atoms with E-state index in [1.165, 1.54) is 0 Å². The first-order valence-corrected chi connectivity index (χ1v) is 5.89. The molecule has 0 aliphatic carbocycles. The second-order valence-corrected chi connectivity index (χ2v) is 5.27. The Labute approximate surface area is 106 Å². The fourth-order valence-corrected chi connectivity index (χ4v) is 2.15. The molecule has 0 unspecified atom stereocenters. The van der Waals surface area contributed by atoms with Crippen LogP contribution in [0, 0.1) is 18.3 Å². The van der Waals surface area contributed by atoms with Gasteiger partial charge in [0, 0.05) is 30.8 Å². The number of rotatable bonds is 2. The van der Waals surface area contributed by atoms with Crippen LogP contribution in [0.1, 0.15) is 19.4 Å². The average molecular weight is 251 g/mol. The summed E-state index contributed by atoms with van der Waals surface area (Å²) in [6, 6.07) is 1.72. The molecule has 1 aromatic rings. The second kappa shape index (κ2) is 4.21. The molecule has 1 N–H and O–H groups in total. The van der Waals surface area contributed by atoms with Gasteiger partial charge in [0.1, 0.15) is 5.82 Å². The van der Waals surface area contributed by atoms with Gasteiger partial charge >= 0.3 is 0 Å². The molecule has 1 aliphatic heterocycles. The molecule has 0 spiro atoms. The van der Waals surface area contributed by atoms with E-state index in [-0.39, 0.29) is 5.92 Å². The van der Waals surface area contributed by atoms with Crippen LogP contribution >= 0.6 is 11.6 Å². The van der Waals surface area contributed by atoms with Gasteiger partial charge in [-0.1, -0.05) is 17.5 Å². The fourth-order valence-electron chi connectivity index (χ4n) is 1.86. The van der Waals surface area contributed by atoms with Gasteiger partial charge in [0.05, 0.1) is 10.6 Å². The zero-order chi connectivity index (χ0) is 12.6. The van der Waals surface area contributed by atoms with Crippen LogP contribution in [0.4, 0.5) is 5.82 Å². The highest BCUT2D eigenvalue weighted by atomic mass is 35.5. The van der Waals surface area contributed by atoms with Crippen molar-refractivity contribution in [1.29, 1.82) is 0 Å². The first-order valence-electron chi connectivity index (χ1n) is 5.52. The van der Waals surface area contributed by atoms with E-state index < -0.39 is 5.60 Å². The third kappa shape index (κ3) is 2.24. The lowest BCUT2D eigenvalue weighted by Crippen LogP contribution is -2.56.